The third kappa shape index (κ3) is 4.02. The predicted molar refractivity (Wildman–Crippen MR) is 111 cm³/mol. The Morgan fingerprint density at radius 1 is 1.23 bits per heavy atom. The van der Waals surface area contributed by atoms with Gasteiger partial charge in [0.05, 0.1) is 17.3 Å². The number of sulfone groups is 1. The van der Waals surface area contributed by atoms with Crippen LogP contribution in [0, 0.1) is 11.7 Å². The zero-order valence-electron chi connectivity index (χ0n) is 17.2. The van der Waals surface area contributed by atoms with Gasteiger partial charge in [-0.2, -0.15) is 5.10 Å². The first-order valence-corrected chi connectivity index (χ1v) is 12.5. The number of amides is 1. The summed E-state index contributed by atoms with van der Waals surface area (Å²) in [6, 6.07) is 6.38. The number of nitrogens with zero attached hydrogens (tertiary/aromatic N) is 2. The number of hydrogen-bond acceptors (Lipinski definition) is 4. The predicted octanol–water partition coefficient (Wildman–Crippen LogP) is 3.25. The fourth-order valence-electron chi connectivity index (χ4n) is 5.15. The van der Waals surface area contributed by atoms with Crippen molar-refractivity contribution < 1.29 is 17.6 Å². The summed E-state index contributed by atoms with van der Waals surface area (Å²) in [5, 5.41) is 6.74. The van der Waals surface area contributed by atoms with Crippen LogP contribution in [0.1, 0.15) is 49.8 Å². The molecular formula is C22H28FN3O3S. The summed E-state index contributed by atoms with van der Waals surface area (Å²) in [5.74, 6) is 0.0122. The van der Waals surface area contributed by atoms with Gasteiger partial charge < -0.3 is 4.90 Å². The van der Waals surface area contributed by atoms with Crippen LogP contribution in [0.5, 0.6) is 0 Å². The Kier molecular flexibility index (Phi) is 5.70. The highest BCUT2D eigenvalue weighted by molar-refractivity contribution is 7.90. The summed E-state index contributed by atoms with van der Waals surface area (Å²) in [6.45, 7) is 1.31. The second-order valence-electron chi connectivity index (χ2n) is 8.74. The Balaban J connectivity index is 1.53. The van der Waals surface area contributed by atoms with Crippen molar-refractivity contribution in [2.24, 2.45) is 5.92 Å². The number of likely N-dealkylation sites (tertiary alicyclic amines) is 1. The molecule has 1 saturated carbocycles. The molecule has 8 heteroatoms. The first-order valence-electron chi connectivity index (χ1n) is 10.6. The number of aromatic amines is 1. The van der Waals surface area contributed by atoms with Crippen molar-refractivity contribution in [1.82, 2.24) is 15.1 Å². The topological polar surface area (TPSA) is 83.1 Å². The van der Waals surface area contributed by atoms with Crippen LogP contribution < -0.4 is 0 Å². The molecule has 1 aliphatic heterocycles. The number of halogens is 1. The molecule has 0 bridgehead atoms. The van der Waals surface area contributed by atoms with Crippen molar-refractivity contribution in [3.8, 4) is 0 Å². The number of hydrogen-bond donors (Lipinski definition) is 1. The van der Waals surface area contributed by atoms with Gasteiger partial charge in [-0.15, -0.1) is 0 Å². The third-order valence-electron chi connectivity index (χ3n) is 6.64. The van der Waals surface area contributed by atoms with Gasteiger partial charge in [-0.1, -0.05) is 25.0 Å². The maximum absolute atomic E-state index is 13.7. The fraction of sp³-hybridized carbons (Fsp3) is 0.545. The number of rotatable bonds is 5. The Bertz CT molecular complexity index is 1010. The summed E-state index contributed by atoms with van der Waals surface area (Å²) in [7, 11) is -3.34. The molecule has 1 N–H and O–H groups in total. The maximum atomic E-state index is 13.7. The monoisotopic (exact) mass is 433 g/mol. The van der Waals surface area contributed by atoms with E-state index in [1.54, 1.807) is 12.1 Å². The second kappa shape index (κ2) is 8.13. The van der Waals surface area contributed by atoms with E-state index in [0.717, 1.165) is 44.1 Å². The van der Waals surface area contributed by atoms with E-state index < -0.39 is 15.3 Å². The molecule has 2 heterocycles. The smallest absolute Gasteiger partial charge is 0.233 e. The van der Waals surface area contributed by atoms with Gasteiger partial charge in [0, 0.05) is 19.3 Å². The van der Waals surface area contributed by atoms with E-state index in [1.807, 2.05) is 4.90 Å². The Morgan fingerprint density at radius 2 is 1.93 bits per heavy atom. The number of H-pyrrole nitrogens is 1. The van der Waals surface area contributed by atoms with E-state index >= 15 is 0 Å². The van der Waals surface area contributed by atoms with Gasteiger partial charge in [0.15, 0.2) is 9.84 Å². The minimum Gasteiger partial charge on any atom is -0.342 e. The van der Waals surface area contributed by atoms with Gasteiger partial charge in [-0.3, -0.25) is 9.89 Å². The van der Waals surface area contributed by atoms with E-state index in [2.05, 4.69) is 10.2 Å². The molecule has 6 nitrogen and oxygen atoms in total. The minimum atomic E-state index is -3.34. The summed E-state index contributed by atoms with van der Waals surface area (Å²) in [4.78, 5) is 15.9. The van der Waals surface area contributed by atoms with Gasteiger partial charge in [0.1, 0.15) is 10.7 Å². The van der Waals surface area contributed by atoms with Crippen molar-refractivity contribution in [2.75, 3.05) is 19.3 Å². The van der Waals surface area contributed by atoms with E-state index in [4.69, 9.17) is 0 Å². The lowest BCUT2D eigenvalue weighted by atomic mass is 9.76. The molecule has 162 valence electrons. The Hall–Kier alpha value is -2.22. The normalized spacial score (nSPS) is 21.7. The summed E-state index contributed by atoms with van der Waals surface area (Å²) >= 11 is 0. The highest BCUT2D eigenvalue weighted by Gasteiger charge is 2.45. The van der Waals surface area contributed by atoms with Crippen molar-refractivity contribution >= 4 is 15.7 Å². The number of piperidine rings is 1. The lowest BCUT2D eigenvalue weighted by molar-refractivity contribution is -0.139. The first kappa shape index (κ1) is 21.0. The molecule has 2 aliphatic rings. The van der Waals surface area contributed by atoms with E-state index in [-0.39, 0.29) is 22.5 Å². The second-order valence-corrected chi connectivity index (χ2v) is 10.7. The average molecular weight is 434 g/mol. The zero-order valence-corrected chi connectivity index (χ0v) is 18.0. The van der Waals surface area contributed by atoms with Crippen LogP contribution >= 0.6 is 0 Å². The summed E-state index contributed by atoms with van der Waals surface area (Å²) in [6.07, 6.45) is 8.49. The lowest BCUT2D eigenvalue weighted by Gasteiger charge is -2.39. The van der Waals surface area contributed by atoms with E-state index in [0.29, 0.717) is 25.2 Å². The molecule has 1 amide bonds. The lowest BCUT2D eigenvalue weighted by Crippen LogP contribution is -2.49. The highest BCUT2D eigenvalue weighted by Crippen LogP contribution is 2.43. The van der Waals surface area contributed by atoms with Crippen molar-refractivity contribution in [1.29, 1.82) is 0 Å². The molecule has 0 unspecified atom stereocenters. The van der Waals surface area contributed by atoms with Crippen LogP contribution in [0.15, 0.2) is 35.4 Å². The Morgan fingerprint density at radius 3 is 2.60 bits per heavy atom. The maximum Gasteiger partial charge on any atom is 0.233 e. The fourth-order valence-corrected chi connectivity index (χ4v) is 5.97. The van der Waals surface area contributed by atoms with Crippen molar-refractivity contribution in [3.05, 3.63) is 47.5 Å². The molecule has 1 atom stereocenters. The first-order chi connectivity index (χ1) is 14.3. The van der Waals surface area contributed by atoms with Crippen molar-refractivity contribution in [2.45, 2.75) is 55.3 Å². The average Bonchev–Trinajstić information content (AvgIpc) is 3.38. The molecule has 2 aromatic rings. The van der Waals surface area contributed by atoms with Gasteiger partial charge in [0.25, 0.3) is 0 Å². The molecule has 1 aromatic carbocycles. The molecule has 1 aromatic heterocycles. The standard InChI is InChI=1S/C22H28FN3O3S/c1-30(28,29)20-14-24-25-19(20)13-16-5-4-12-26(15-16)21(27)22(10-2-3-11-22)17-6-8-18(23)9-7-17/h6-9,14,16H,2-5,10-13,15H2,1H3,(H,24,25)/t16-/m0/s1. The molecule has 1 aliphatic carbocycles. The van der Waals surface area contributed by atoms with Gasteiger partial charge in [-0.05, 0) is 55.7 Å². The highest BCUT2D eigenvalue weighted by atomic mass is 32.2. The third-order valence-corrected chi connectivity index (χ3v) is 7.79. The molecule has 0 radical (unpaired) electrons. The van der Waals surface area contributed by atoms with E-state index in [1.165, 1.54) is 24.6 Å². The van der Waals surface area contributed by atoms with Crippen molar-refractivity contribution in [3.63, 3.8) is 0 Å². The molecule has 30 heavy (non-hydrogen) atoms. The van der Waals surface area contributed by atoms with Gasteiger partial charge >= 0.3 is 0 Å². The number of carbonyl (C=O) groups excluding carboxylic acids is 1. The van der Waals surface area contributed by atoms with E-state index in [9.17, 15) is 17.6 Å². The van der Waals surface area contributed by atoms with Crippen LogP contribution in [0.2, 0.25) is 0 Å². The molecule has 4 rings (SSSR count). The Labute approximate surface area is 176 Å². The summed E-state index contributed by atoms with van der Waals surface area (Å²) in [5.41, 5.74) is 0.953. The van der Waals surface area contributed by atoms with Crippen LogP contribution in [0.25, 0.3) is 0 Å². The van der Waals surface area contributed by atoms with Crippen LogP contribution in [0.4, 0.5) is 4.39 Å². The number of carbonyl (C=O) groups is 1. The minimum absolute atomic E-state index is 0.129. The summed E-state index contributed by atoms with van der Waals surface area (Å²) < 4.78 is 37.4. The SMILES string of the molecule is CS(=O)(=O)c1cn[nH]c1C[C@@H]1CCCN(C(=O)C2(c3ccc(F)cc3)CCCC2)C1. The van der Waals surface area contributed by atoms with Gasteiger partial charge in [0.2, 0.25) is 5.91 Å². The van der Waals surface area contributed by atoms with Gasteiger partial charge in [-0.25, -0.2) is 12.8 Å². The largest absolute Gasteiger partial charge is 0.342 e. The number of nitrogens with one attached hydrogen (secondary N) is 1. The quantitative estimate of drug-likeness (QED) is 0.785. The molecule has 2 fully saturated rings. The zero-order chi connectivity index (χ0) is 21.4. The molecule has 1 saturated heterocycles. The van der Waals surface area contributed by atoms with Crippen LogP contribution in [0.3, 0.4) is 0 Å². The molecule has 0 spiro atoms. The number of benzene rings is 1. The van der Waals surface area contributed by atoms with Crippen LogP contribution in [-0.2, 0) is 26.5 Å². The number of aromatic nitrogens is 2. The van der Waals surface area contributed by atoms with Crippen LogP contribution in [-0.4, -0.2) is 48.8 Å². The molecular weight excluding hydrogens is 405 g/mol.